The number of fused-ring (bicyclic) bond motifs is 10. The number of hydrogen-bond donors (Lipinski definition) is 0. The molecule has 0 radical (unpaired) electrons. The van der Waals surface area contributed by atoms with Gasteiger partial charge in [0.05, 0.1) is 0 Å². The zero-order valence-corrected chi connectivity index (χ0v) is 42.7. The fourth-order valence-electron chi connectivity index (χ4n) is 18.1. The minimum Gasteiger partial charge on any atom is -0.431 e. The molecule has 0 heterocycles. The quantitative estimate of drug-likeness (QED) is 0.0927. The Morgan fingerprint density at radius 1 is 0.531 bits per heavy atom. The van der Waals surface area contributed by atoms with Gasteiger partial charge in [-0.3, -0.25) is 0 Å². The van der Waals surface area contributed by atoms with Gasteiger partial charge in [-0.15, -0.1) is 0 Å². The van der Waals surface area contributed by atoms with Crippen LogP contribution in [0.3, 0.4) is 0 Å². The molecule has 0 bridgehead atoms. The first-order chi connectivity index (χ1) is 30.5. The molecule has 6 heteroatoms. The summed E-state index contributed by atoms with van der Waals surface area (Å²) in [5.74, 6) is 9.76. The van der Waals surface area contributed by atoms with E-state index in [9.17, 15) is 9.59 Å². The van der Waals surface area contributed by atoms with Crippen molar-refractivity contribution in [3.05, 3.63) is 23.3 Å². The van der Waals surface area contributed by atoms with Gasteiger partial charge in [-0.05, 0) is 183 Å². The highest BCUT2D eigenvalue weighted by Crippen LogP contribution is 2.69. The second-order valence-electron chi connectivity index (χ2n) is 25.7. The summed E-state index contributed by atoms with van der Waals surface area (Å²) in [7, 11) is 0. The van der Waals surface area contributed by atoms with E-state index in [2.05, 4.69) is 81.4 Å². The molecule has 0 aromatic heterocycles. The monoisotopic (exact) mass is 887 g/mol. The Morgan fingerprint density at radius 3 is 1.33 bits per heavy atom. The Balaban J connectivity index is 0.749. The highest BCUT2D eigenvalue weighted by atomic mass is 16.8. The van der Waals surface area contributed by atoms with Crippen LogP contribution in [0.1, 0.15) is 210 Å². The predicted molar refractivity (Wildman–Crippen MR) is 259 cm³/mol. The fraction of sp³-hybridized carbons (Fsp3) is 0.897. The van der Waals surface area contributed by atoms with Crippen LogP contribution < -0.4 is 0 Å². The van der Waals surface area contributed by atoms with E-state index >= 15 is 0 Å². The van der Waals surface area contributed by atoms with Crippen LogP contribution in [0.2, 0.25) is 0 Å². The molecular formula is C58H94O6. The third-order valence-corrected chi connectivity index (χ3v) is 21.6. The molecule has 16 atom stereocenters. The van der Waals surface area contributed by atoms with E-state index in [4.69, 9.17) is 18.9 Å². The van der Waals surface area contributed by atoms with Crippen LogP contribution in [0.5, 0.6) is 0 Å². The molecule has 0 N–H and O–H groups in total. The van der Waals surface area contributed by atoms with Crippen LogP contribution in [-0.2, 0) is 18.9 Å². The Morgan fingerprint density at radius 2 is 0.938 bits per heavy atom. The van der Waals surface area contributed by atoms with Crippen LogP contribution in [0.4, 0.5) is 9.59 Å². The molecule has 8 aliphatic rings. The van der Waals surface area contributed by atoms with Gasteiger partial charge in [0.1, 0.15) is 25.4 Å². The second-order valence-corrected chi connectivity index (χ2v) is 25.7. The van der Waals surface area contributed by atoms with E-state index in [0.717, 1.165) is 110 Å². The topological polar surface area (TPSA) is 71.1 Å². The van der Waals surface area contributed by atoms with Gasteiger partial charge in [-0.25, -0.2) is 9.59 Å². The third kappa shape index (κ3) is 9.41. The van der Waals surface area contributed by atoms with Gasteiger partial charge in [-0.2, -0.15) is 0 Å². The number of ether oxygens (including phenoxy) is 4. The normalized spacial score (nSPS) is 42.1. The van der Waals surface area contributed by atoms with E-state index in [1.54, 1.807) is 0 Å². The summed E-state index contributed by atoms with van der Waals surface area (Å²) in [6, 6.07) is 0. The average molecular weight is 887 g/mol. The van der Waals surface area contributed by atoms with Gasteiger partial charge in [0.25, 0.3) is 0 Å². The number of hydrogen-bond acceptors (Lipinski definition) is 6. The molecule has 6 nitrogen and oxygen atoms in total. The van der Waals surface area contributed by atoms with Crippen molar-refractivity contribution in [1.82, 2.24) is 0 Å². The molecule has 0 aromatic carbocycles. The van der Waals surface area contributed by atoms with Gasteiger partial charge in [0.2, 0.25) is 0 Å². The smallest absolute Gasteiger partial charge is 0.431 e. The summed E-state index contributed by atoms with van der Waals surface area (Å²) in [4.78, 5) is 25.8. The molecule has 362 valence electrons. The number of allylic oxidation sites excluding steroid dienone is 2. The lowest BCUT2D eigenvalue weighted by Crippen LogP contribution is -2.51. The van der Waals surface area contributed by atoms with E-state index in [1.807, 2.05) is 0 Å². The van der Waals surface area contributed by atoms with Crippen molar-refractivity contribution in [1.29, 1.82) is 0 Å². The molecule has 64 heavy (non-hydrogen) atoms. The van der Waals surface area contributed by atoms with Gasteiger partial charge in [0.15, 0.2) is 0 Å². The van der Waals surface area contributed by atoms with Crippen molar-refractivity contribution in [3.63, 3.8) is 0 Å². The maximum absolute atomic E-state index is 12.9. The van der Waals surface area contributed by atoms with Gasteiger partial charge in [-0.1, -0.05) is 131 Å². The first kappa shape index (κ1) is 48.5. The number of carbonyl (C=O) groups excluding carboxylic acids is 2. The van der Waals surface area contributed by atoms with Crippen LogP contribution in [-0.4, -0.2) is 37.7 Å². The molecule has 0 saturated heterocycles. The summed E-state index contributed by atoms with van der Waals surface area (Å²) >= 11 is 0. The lowest BCUT2D eigenvalue weighted by atomic mass is 9.47. The number of rotatable bonds is 15. The minimum atomic E-state index is -0.658. The zero-order chi connectivity index (χ0) is 45.6. The minimum absolute atomic E-state index is 0.0308. The summed E-state index contributed by atoms with van der Waals surface area (Å²) in [5, 5.41) is 0. The number of carbonyl (C=O) groups is 2. The molecular weight excluding hydrogens is 793 g/mol. The highest BCUT2D eigenvalue weighted by Gasteiger charge is 2.61. The highest BCUT2D eigenvalue weighted by molar-refractivity contribution is 5.61. The molecule has 0 unspecified atom stereocenters. The van der Waals surface area contributed by atoms with Crippen molar-refractivity contribution in [2.24, 2.45) is 92.7 Å². The summed E-state index contributed by atoms with van der Waals surface area (Å²) in [5.41, 5.74) is 4.42. The summed E-state index contributed by atoms with van der Waals surface area (Å²) < 4.78 is 22.7. The van der Waals surface area contributed by atoms with Crippen LogP contribution >= 0.6 is 0 Å². The first-order valence-corrected chi connectivity index (χ1v) is 27.5. The van der Waals surface area contributed by atoms with Crippen molar-refractivity contribution >= 4 is 12.3 Å². The molecule has 0 amide bonds. The summed E-state index contributed by atoms with van der Waals surface area (Å²) in [6.07, 6.45) is 30.7. The van der Waals surface area contributed by atoms with E-state index in [-0.39, 0.29) is 36.3 Å². The van der Waals surface area contributed by atoms with Crippen molar-refractivity contribution in [2.45, 2.75) is 223 Å². The Kier molecular flexibility index (Phi) is 14.8. The van der Waals surface area contributed by atoms with Crippen LogP contribution in [0, 0.1) is 92.7 Å². The molecule has 0 aromatic rings. The molecule has 0 aliphatic heterocycles. The van der Waals surface area contributed by atoms with Crippen LogP contribution in [0.15, 0.2) is 23.3 Å². The van der Waals surface area contributed by atoms with E-state index < -0.39 is 12.3 Å². The van der Waals surface area contributed by atoms with E-state index in [0.29, 0.717) is 10.8 Å². The van der Waals surface area contributed by atoms with Crippen molar-refractivity contribution < 1.29 is 28.5 Å². The van der Waals surface area contributed by atoms with Gasteiger partial charge >= 0.3 is 12.3 Å². The molecule has 8 rings (SSSR count). The largest absolute Gasteiger partial charge is 0.508 e. The molecule has 6 fully saturated rings. The van der Waals surface area contributed by atoms with Gasteiger partial charge in [0, 0.05) is 12.8 Å². The second kappa shape index (κ2) is 19.6. The fourth-order valence-corrected chi connectivity index (χ4v) is 18.1. The molecule has 8 aliphatic carbocycles. The SMILES string of the molecule is CC(C)CCC[C@@H](C)[C@H]1CC[C@H]2[C@@H]3CC=C4C[C@@H](OC(=O)OCCOC(=O)O[C@H]5CC[C@@]6(C)C(=CC[C@H]7[C@@H]8CC[C@H]([C@H](C)CCCC(C)C)[C@@]8(C)CC[C@@H]76)C5)CC[C@]4(C)[C@H]3CC[C@]12C. The lowest BCUT2D eigenvalue weighted by Gasteiger charge is -2.58. The third-order valence-electron chi connectivity index (χ3n) is 21.6. The van der Waals surface area contributed by atoms with Gasteiger partial charge < -0.3 is 18.9 Å². The Labute approximate surface area is 391 Å². The summed E-state index contributed by atoms with van der Waals surface area (Å²) in [6.45, 7) is 24.9. The first-order valence-electron chi connectivity index (χ1n) is 27.5. The standard InChI is InChI=1S/C58H94O6/c1-37(2)13-11-15-39(5)47-21-23-49-45-19-17-41-35-43(25-29-55(41,7)51(45)27-31-57(47,49)9)63-53(59)61-33-34-62-54(60)64-44-26-30-56(8)42(36-44)18-20-46-50-24-22-48(40(6)16-12-14-38(3)4)58(50,10)32-28-52(46)56/h17-18,37-40,43-52H,11-16,19-36H2,1-10H3/t39-,40-,43+,44+,45+,46+,47-,48-,49+,50+,51+,52+,55+,56+,57-,58-/m1/s1. The molecule has 0 spiro atoms. The van der Waals surface area contributed by atoms with Crippen LogP contribution in [0.25, 0.3) is 0 Å². The lowest BCUT2D eigenvalue weighted by molar-refractivity contribution is -0.0646. The van der Waals surface area contributed by atoms with E-state index in [1.165, 1.54) is 114 Å². The maximum Gasteiger partial charge on any atom is 0.508 e. The maximum atomic E-state index is 12.9. The van der Waals surface area contributed by atoms with Crippen molar-refractivity contribution in [2.75, 3.05) is 13.2 Å². The zero-order valence-electron chi connectivity index (χ0n) is 42.7. The Hall–Kier alpha value is -1.98. The van der Waals surface area contributed by atoms with Crippen molar-refractivity contribution in [3.8, 4) is 0 Å². The Bertz CT molecular complexity index is 1570. The molecule has 6 saturated carbocycles. The average Bonchev–Trinajstić information content (AvgIpc) is 3.79. The predicted octanol–water partition coefficient (Wildman–Crippen LogP) is 16.1.